The van der Waals surface area contributed by atoms with E-state index in [4.69, 9.17) is 4.28 Å². The van der Waals surface area contributed by atoms with Crippen LogP contribution in [-0.2, 0) is 19.2 Å². The van der Waals surface area contributed by atoms with Crippen LogP contribution in [0, 0.1) is 12.8 Å². The van der Waals surface area contributed by atoms with Gasteiger partial charge in [0.05, 0.1) is 0 Å². The van der Waals surface area contributed by atoms with E-state index in [1.807, 2.05) is 20.8 Å². The van der Waals surface area contributed by atoms with E-state index in [2.05, 4.69) is 5.16 Å². The summed E-state index contributed by atoms with van der Waals surface area (Å²) in [5, 5.41) is 3.73. The van der Waals surface area contributed by atoms with E-state index < -0.39 is 10.1 Å². The van der Waals surface area contributed by atoms with E-state index in [1.54, 1.807) is 25.1 Å². The quantitative estimate of drug-likeness (QED) is 0.627. The maximum Gasteiger partial charge on any atom is 0.358 e. The molecule has 1 aromatic rings. The lowest BCUT2D eigenvalue weighted by Crippen LogP contribution is -2.16. The topological polar surface area (TPSA) is 72.8 Å². The predicted molar refractivity (Wildman–Crippen MR) is 88.6 cm³/mol. The Morgan fingerprint density at radius 3 is 2.22 bits per heavy atom. The Hall–Kier alpha value is -2.21. The highest BCUT2D eigenvalue weighted by Crippen LogP contribution is 2.20. The zero-order valence-corrected chi connectivity index (χ0v) is 14.3. The minimum atomic E-state index is -3.98. The maximum atomic E-state index is 12.1. The molecular formula is C17H19NO4S. The van der Waals surface area contributed by atoms with Gasteiger partial charge in [-0.15, -0.1) is 0 Å². The maximum absolute atomic E-state index is 12.1. The first-order chi connectivity index (χ1) is 10.7. The van der Waals surface area contributed by atoms with Crippen molar-refractivity contribution < 1.29 is 17.5 Å². The van der Waals surface area contributed by atoms with Crippen LogP contribution in [0.25, 0.3) is 0 Å². The van der Waals surface area contributed by atoms with Gasteiger partial charge >= 0.3 is 10.1 Å². The molecule has 2 rings (SSSR count). The number of nitrogens with zero attached hydrogens (tertiary/aromatic N) is 1. The summed E-state index contributed by atoms with van der Waals surface area (Å²) in [6.45, 7) is 7.33. The zero-order chi connectivity index (χ0) is 17.2. The average molecular weight is 333 g/mol. The summed E-state index contributed by atoms with van der Waals surface area (Å²) in [5.74, 6) is -0.0661. The third-order valence-electron chi connectivity index (χ3n) is 3.49. The van der Waals surface area contributed by atoms with Crippen LogP contribution in [0.4, 0.5) is 0 Å². The number of aryl methyl sites for hydroxylation is 1. The van der Waals surface area contributed by atoms with Gasteiger partial charge in [-0.3, -0.25) is 9.08 Å². The molecule has 5 nitrogen and oxygen atoms in total. The number of ketones is 1. The summed E-state index contributed by atoms with van der Waals surface area (Å²) in [5.41, 5.74) is 2.43. The molecule has 0 saturated heterocycles. The number of oxime groups is 1. The molecule has 1 aliphatic rings. The lowest BCUT2D eigenvalue weighted by molar-refractivity contribution is -0.111. The summed E-state index contributed by atoms with van der Waals surface area (Å²) in [6.07, 6.45) is 3.02. The van der Waals surface area contributed by atoms with E-state index in [1.165, 1.54) is 18.2 Å². The Bertz CT molecular complexity index is 813. The number of allylic oxidation sites excluding steroid dienone is 4. The Morgan fingerprint density at radius 2 is 1.65 bits per heavy atom. The molecule has 0 aliphatic heterocycles. The van der Waals surface area contributed by atoms with Crippen LogP contribution in [0.5, 0.6) is 0 Å². The Morgan fingerprint density at radius 1 is 1.04 bits per heavy atom. The molecular weight excluding hydrogens is 314 g/mol. The SMILES string of the molecule is CC1=CC(=O)C(C(C)C)=C/C1=N\OS(=O)(=O)c1ccc(C)cc1. The first-order valence-electron chi connectivity index (χ1n) is 7.23. The van der Waals surface area contributed by atoms with E-state index >= 15 is 0 Å². The number of hydrogen-bond donors (Lipinski definition) is 0. The second-order valence-corrected chi connectivity index (χ2v) is 7.29. The fourth-order valence-electron chi connectivity index (χ4n) is 2.07. The van der Waals surface area contributed by atoms with E-state index in [0.717, 1.165) is 5.56 Å². The molecule has 0 aromatic heterocycles. The Kier molecular flexibility index (Phi) is 4.85. The average Bonchev–Trinajstić information content (AvgIpc) is 2.46. The van der Waals surface area contributed by atoms with E-state index in [-0.39, 0.29) is 16.6 Å². The van der Waals surface area contributed by atoms with Crippen molar-refractivity contribution in [3.8, 4) is 0 Å². The van der Waals surface area contributed by atoms with Gasteiger partial charge < -0.3 is 0 Å². The van der Waals surface area contributed by atoms with Gasteiger partial charge in [-0.1, -0.05) is 36.7 Å². The highest BCUT2D eigenvalue weighted by molar-refractivity contribution is 7.86. The van der Waals surface area contributed by atoms with Crippen LogP contribution in [0.15, 0.2) is 57.6 Å². The lowest BCUT2D eigenvalue weighted by Gasteiger charge is -2.14. The van der Waals surface area contributed by atoms with Crippen molar-refractivity contribution in [3.63, 3.8) is 0 Å². The molecule has 23 heavy (non-hydrogen) atoms. The van der Waals surface area contributed by atoms with E-state index in [9.17, 15) is 13.2 Å². The van der Waals surface area contributed by atoms with Crippen LogP contribution < -0.4 is 0 Å². The Labute approximate surface area is 136 Å². The summed E-state index contributed by atoms with van der Waals surface area (Å²) < 4.78 is 29.1. The number of rotatable bonds is 4. The number of hydrogen-bond acceptors (Lipinski definition) is 5. The molecule has 0 radical (unpaired) electrons. The van der Waals surface area contributed by atoms with Gasteiger partial charge in [0.2, 0.25) is 0 Å². The summed E-state index contributed by atoms with van der Waals surface area (Å²) in [6, 6.07) is 6.30. The third-order valence-corrected chi connectivity index (χ3v) is 4.61. The van der Waals surface area contributed by atoms with Crippen molar-refractivity contribution in [1.29, 1.82) is 0 Å². The monoisotopic (exact) mass is 333 g/mol. The molecule has 0 saturated carbocycles. The molecule has 0 atom stereocenters. The highest BCUT2D eigenvalue weighted by atomic mass is 32.2. The standard InChI is InChI=1S/C17H19NO4S/c1-11(2)15-10-16(13(4)9-17(15)19)18-22-23(20,21)14-7-5-12(3)6-8-14/h5-11H,1-4H3/b18-16+. The summed E-state index contributed by atoms with van der Waals surface area (Å²) >= 11 is 0. The smallest absolute Gasteiger partial charge is 0.290 e. The molecule has 0 amide bonds. The number of carbonyl (C=O) groups is 1. The van der Waals surface area contributed by atoms with Crippen molar-refractivity contribution in [3.05, 3.63) is 53.1 Å². The fourth-order valence-corrected chi connectivity index (χ4v) is 2.81. The van der Waals surface area contributed by atoms with Crippen molar-refractivity contribution in [2.24, 2.45) is 11.1 Å². The first kappa shape index (κ1) is 17.1. The first-order valence-corrected chi connectivity index (χ1v) is 8.64. The van der Waals surface area contributed by atoms with Crippen molar-refractivity contribution >= 4 is 21.6 Å². The second kappa shape index (κ2) is 6.50. The molecule has 0 N–H and O–H groups in total. The lowest BCUT2D eigenvalue weighted by atomic mass is 9.90. The van der Waals surface area contributed by atoms with Crippen LogP contribution in [0.1, 0.15) is 26.3 Å². The number of benzene rings is 1. The third kappa shape index (κ3) is 3.96. The van der Waals surface area contributed by atoms with Gasteiger partial charge in [-0.2, -0.15) is 8.42 Å². The molecule has 6 heteroatoms. The molecule has 0 bridgehead atoms. The molecule has 122 valence electrons. The normalized spacial score (nSPS) is 17.3. The van der Waals surface area contributed by atoms with Crippen LogP contribution in [0.2, 0.25) is 0 Å². The van der Waals surface area contributed by atoms with Gasteiger partial charge in [0.15, 0.2) is 5.78 Å². The zero-order valence-electron chi connectivity index (χ0n) is 13.5. The van der Waals surface area contributed by atoms with Gasteiger partial charge in [-0.25, -0.2) is 0 Å². The van der Waals surface area contributed by atoms with Crippen LogP contribution >= 0.6 is 0 Å². The summed E-state index contributed by atoms with van der Waals surface area (Å²) in [4.78, 5) is 11.9. The minimum Gasteiger partial charge on any atom is -0.290 e. The molecule has 0 unspecified atom stereocenters. The minimum absolute atomic E-state index is 0.0192. The fraction of sp³-hybridized carbons (Fsp3) is 0.294. The molecule has 0 spiro atoms. The van der Waals surface area contributed by atoms with Gasteiger partial charge in [0.1, 0.15) is 10.6 Å². The van der Waals surface area contributed by atoms with Gasteiger partial charge in [-0.05, 0) is 49.6 Å². The van der Waals surface area contributed by atoms with E-state index in [0.29, 0.717) is 16.9 Å². The molecule has 1 aromatic carbocycles. The van der Waals surface area contributed by atoms with Crippen molar-refractivity contribution in [1.82, 2.24) is 0 Å². The molecule has 0 heterocycles. The molecule has 1 aliphatic carbocycles. The van der Waals surface area contributed by atoms with Gasteiger partial charge in [0, 0.05) is 5.57 Å². The van der Waals surface area contributed by atoms with Crippen LogP contribution in [-0.4, -0.2) is 19.9 Å². The van der Waals surface area contributed by atoms with Crippen LogP contribution in [0.3, 0.4) is 0 Å². The largest absolute Gasteiger partial charge is 0.358 e. The second-order valence-electron chi connectivity index (χ2n) is 5.76. The van der Waals surface area contributed by atoms with Gasteiger partial charge in [0.25, 0.3) is 0 Å². The van der Waals surface area contributed by atoms with Crippen molar-refractivity contribution in [2.45, 2.75) is 32.6 Å². The Balaban J connectivity index is 2.29. The van der Waals surface area contributed by atoms with Crippen molar-refractivity contribution in [2.75, 3.05) is 0 Å². The predicted octanol–water partition coefficient (Wildman–Crippen LogP) is 3.17. The molecule has 0 fully saturated rings. The number of carbonyl (C=O) groups excluding carboxylic acids is 1. The highest BCUT2D eigenvalue weighted by Gasteiger charge is 2.21. The summed E-state index contributed by atoms with van der Waals surface area (Å²) in [7, 11) is -3.98.